The second kappa shape index (κ2) is 9.64. The zero-order chi connectivity index (χ0) is 26.2. The Kier molecular flexibility index (Phi) is 6.75. The van der Waals surface area contributed by atoms with Crippen LogP contribution < -0.4 is 15.6 Å². The van der Waals surface area contributed by atoms with E-state index >= 15 is 0 Å². The molecule has 8 nitrogen and oxygen atoms in total. The molecule has 4 N–H and O–H groups in total. The summed E-state index contributed by atoms with van der Waals surface area (Å²) in [6, 6.07) is 12.7. The molecule has 0 radical (unpaired) electrons. The molecular formula is C28H31N3O5. The van der Waals surface area contributed by atoms with Crippen molar-refractivity contribution in [1.29, 1.82) is 0 Å². The number of benzene rings is 2. The number of aryl methyl sites for hydroxylation is 3. The van der Waals surface area contributed by atoms with Crippen LogP contribution in [0.25, 0.3) is 22.0 Å². The molecule has 1 atom stereocenters. The molecule has 2 heterocycles. The average molecular weight is 490 g/mol. The molecule has 36 heavy (non-hydrogen) atoms. The second-order valence-electron chi connectivity index (χ2n) is 9.26. The summed E-state index contributed by atoms with van der Waals surface area (Å²) in [5.41, 5.74) is 2.42. The molecule has 0 aliphatic carbocycles. The van der Waals surface area contributed by atoms with E-state index in [-0.39, 0.29) is 22.7 Å². The van der Waals surface area contributed by atoms with E-state index in [0.717, 1.165) is 11.1 Å². The van der Waals surface area contributed by atoms with Crippen molar-refractivity contribution in [3.05, 3.63) is 81.4 Å². The number of aromatic amines is 1. The number of para-hydroxylation sites is 1. The number of nitrogens with zero attached hydrogens (tertiary/aromatic N) is 1. The Morgan fingerprint density at radius 1 is 1.14 bits per heavy atom. The monoisotopic (exact) mass is 489 g/mol. The van der Waals surface area contributed by atoms with Crippen LogP contribution in [-0.2, 0) is 12.6 Å². The van der Waals surface area contributed by atoms with E-state index < -0.39 is 12.2 Å². The van der Waals surface area contributed by atoms with Crippen LogP contribution in [0.2, 0.25) is 0 Å². The Hall–Kier alpha value is -3.88. The molecule has 0 fully saturated rings. The van der Waals surface area contributed by atoms with Crippen LogP contribution in [0.1, 0.15) is 41.0 Å². The topological polar surface area (TPSA) is 117 Å². The molecular weight excluding hydrogens is 458 g/mol. The summed E-state index contributed by atoms with van der Waals surface area (Å²) >= 11 is 0. The van der Waals surface area contributed by atoms with Crippen molar-refractivity contribution >= 4 is 16.8 Å². The fourth-order valence-corrected chi connectivity index (χ4v) is 4.25. The highest BCUT2D eigenvalue weighted by molar-refractivity contribution is 6.03. The van der Waals surface area contributed by atoms with E-state index in [1.165, 1.54) is 11.5 Å². The van der Waals surface area contributed by atoms with Crippen LogP contribution in [-0.4, -0.2) is 38.8 Å². The highest BCUT2D eigenvalue weighted by Gasteiger charge is 2.25. The summed E-state index contributed by atoms with van der Waals surface area (Å²) in [5, 5.41) is 23.8. The highest BCUT2D eigenvalue weighted by atomic mass is 16.5. The lowest BCUT2D eigenvalue weighted by molar-refractivity contribution is -0.00226. The molecule has 0 unspecified atom stereocenters. The molecule has 0 saturated heterocycles. The normalized spacial score (nSPS) is 13.0. The van der Waals surface area contributed by atoms with Gasteiger partial charge in [0.25, 0.3) is 11.5 Å². The van der Waals surface area contributed by atoms with Gasteiger partial charge in [-0.2, -0.15) is 0 Å². The number of fused-ring (bicyclic) bond motifs is 1. The predicted molar refractivity (Wildman–Crippen MR) is 140 cm³/mol. The molecule has 0 aliphatic rings. The first-order chi connectivity index (χ1) is 17.1. The van der Waals surface area contributed by atoms with Gasteiger partial charge in [-0.25, -0.2) is 0 Å². The van der Waals surface area contributed by atoms with E-state index in [1.54, 1.807) is 37.5 Å². The number of amides is 1. The molecule has 0 aliphatic heterocycles. The summed E-state index contributed by atoms with van der Waals surface area (Å²) < 4.78 is 7.86. The highest BCUT2D eigenvalue weighted by Crippen LogP contribution is 2.40. The van der Waals surface area contributed by atoms with Crippen molar-refractivity contribution in [2.24, 2.45) is 7.05 Å². The predicted octanol–water partition coefficient (Wildman–Crippen LogP) is 3.89. The lowest BCUT2D eigenvalue weighted by Crippen LogP contribution is -2.25. The minimum absolute atomic E-state index is 0.270. The van der Waals surface area contributed by atoms with Gasteiger partial charge in [-0.05, 0) is 62.6 Å². The van der Waals surface area contributed by atoms with Gasteiger partial charge in [0.2, 0.25) is 0 Å². The Morgan fingerprint density at radius 2 is 1.83 bits per heavy atom. The number of pyridine rings is 1. The number of hydrogen-bond acceptors (Lipinski definition) is 5. The van der Waals surface area contributed by atoms with Crippen LogP contribution in [0.5, 0.6) is 11.5 Å². The largest absolute Gasteiger partial charge is 0.456 e. The molecule has 0 saturated carbocycles. The Morgan fingerprint density at radius 3 is 2.47 bits per heavy atom. The minimum atomic E-state index is -1.49. The number of hydrogen-bond donors (Lipinski definition) is 4. The standard InChI is InChI=1S/C28H31N3O5/c1-6-29-26(33)22-13-20-21(14-31(5)27(34)24(20)30-22)19-12-18(28(4,35)15-32)10-11-23(19)36-25-16(2)8-7-9-17(25)3/h7-14,30,32,35H,6,15H2,1-5H3,(H,29,33)/t28-/m1/s1. The maximum Gasteiger partial charge on any atom is 0.274 e. The number of H-pyrrole nitrogens is 1. The van der Waals surface area contributed by atoms with Gasteiger partial charge in [0.1, 0.15) is 28.3 Å². The molecule has 2 aromatic carbocycles. The van der Waals surface area contributed by atoms with Crippen molar-refractivity contribution in [2.75, 3.05) is 13.2 Å². The third-order valence-electron chi connectivity index (χ3n) is 6.37. The lowest BCUT2D eigenvalue weighted by atomic mass is 9.92. The minimum Gasteiger partial charge on any atom is -0.456 e. The summed E-state index contributed by atoms with van der Waals surface area (Å²) in [6.45, 7) is 7.24. The maximum absolute atomic E-state index is 12.9. The summed E-state index contributed by atoms with van der Waals surface area (Å²) in [6.07, 6.45) is 1.68. The Labute approximate surface area is 209 Å². The van der Waals surface area contributed by atoms with Crippen LogP contribution >= 0.6 is 0 Å². The molecule has 0 spiro atoms. The Balaban J connectivity index is 2.01. The number of rotatable bonds is 7. The number of nitrogens with one attached hydrogen (secondary N) is 2. The van der Waals surface area contributed by atoms with E-state index in [0.29, 0.717) is 40.1 Å². The fraction of sp³-hybridized carbons (Fsp3) is 0.286. The van der Waals surface area contributed by atoms with Crippen molar-refractivity contribution in [3.63, 3.8) is 0 Å². The fourth-order valence-electron chi connectivity index (χ4n) is 4.25. The number of aliphatic hydroxyl groups excluding tert-OH is 1. The molecule has 1 amide bonds. The summed E-state index contributed by atoms with van der Waals surface area (Å²) in [7, 11) is 1.64. The number of carbonyl (C=O) groups excluding carboxylic acids is 1. The zero-order valence-corrected chi connectivity index (χ0v) is 21.1. The van der Waals surface area contributed by atoms with Gasteiger partial charge in [0, 0.05) is 36.3 Å². The number of aliphatic hydroxyl groups is 2. The quantitative estimate of drug-likeness (QED) is 0.314. The van der Waals surface area contributed by atoms with Gasteiger partial charge in [-0.3, -0.25) is 9.59 Å². The van der Waals surface area contributed by atoms with Gasteiger partial charge in [-0.15, -0.1) is 0 Å². The molecule has 188 valence electrons. The summed E-state index contributed by atoms with van der Waals surface area (Å²) in [5.74, 6) is 0.898. The smallest absolute Gasteiger partial charge is 0.274 e. The van der Waals surface area contributed by atoms with Crippen molar-refractivity contribution in [2.45, 2.75) is 33.3 Å². The molecule has 8 heteroatoms. The zero-order valence-electron chi connectivity index (χ0n) is 21.1. The molecule has 4 aromatic rings. The SMILES string of the molecule is CCNC(=O)c1cc2c(-c3cc([C@](C)(O)CO)ccc3Oc3c(C)cccc3C)cn(C)c(=O)c2[nH]1. The van der Waals surface area contributed by atoms with Crippen molar-refractivity contribution in [3.8, 4) is 22.6 Å². The van der Waals surface area contributed by atoms with Gasteiger partial charge >= 0.3 is 0 Å². The van der Waals surface area contributed by atoms with Crippen molar-refractivity contribution < 1.29 is 19.7 Å². The first-order valence-electron chi connectivity index (χ1n) is 11.8. The van der Waals surface area contributed by atoms with E-state index in [4.69, 9.17) is 4.74 Å². The molecule has 2 aromatic heterocycles. The van der Waals surface area contributed by atoms with Crippen LogP contribution in [0.4, 0.5) is 0 Å². The maximum atomic E-state index is 12.9. The summed E-state index contributed by atoms with van der Waals surface area (Å²) in [4.78, 5) is 28.4. The van der Waals surface area contributed by atoms with E-state index in [9.17, 15) is 19.8 Å². The van der Waals surface area contributed by atoms with Gasteiger partial charge < -0.3 is 29.8 Å². The number of aromatic nitrogens is 2. The molecule has 0 bridgehead atoms. The first-order valence-corrected chi connectivity index (χ1v) is 11.8. The van der Waals surface area contributed by atoms with Crippen LogP contribution in [0, 0.1) is 13.8 Å². The Bertz CT molecular complexity index is 1490. The van der Waals surface area contributed by atoms with E-state index in [2.05, 4.69) is 10.3 Å². The van der Waals surface area contributed by atoms with Crippen molar-refractivity contribution in [1.82, 2.24) is 14.9 Å². The number of ether oxygens (including phenoxy) is 1. The van der Waals surface area contributed by atoms with Gasteiger partial charge in [-0.1, -0.05) is 24.3 Å². The molecule has 4 rings (SSSR count). The van der Waals surface area contributed by atoms with Gasteiger partial charge in [0.05, 0.1) is 6.61 Å². The van der Waals surface area contributed by atoms with E-state index in [1.807, 2.05) is 39.0 Å². The van der Waals surface area contributed by atoms with Crippen LogP contribution in [0.3, 0.4) is 0 Å². The third-order valence-corrected chi connectivity index (χ3v) is 6.37. The second-order valence-corrected chi connectivity index (χ2v) is 9.26. The first kappa shape index (κ1) is 25.2. The third kappa shape index (κ3) is 4.53. The number of carbonyl (C=O) groups is 1. The van der Waals surface area contributed by atoms with Crippen LogP contribution in [0.15, 0.2) is 53.5 Å². The van der Waals surface area contributed by atoms with Gasteiger partial charge in [0.15, 0.2) is 0 Å². The average Bonchev–Trinajstić information content (AvgIpc) is 3.30. The lowest BCUT2D eigenvalue weighted by Gasteiger charge is -2.23.